The smallest absolute Gasteiger partial charge is 0.317 e. The molecule has 1 rings (SSSR count). The molecule has 76 valence electrons. The van der Waals surface area contributed by atoms with Crippen LogP contribution in [0.3, 0.4) is 0 Å². The van der Waals surface area contributed by atoms with Crippen LogP contribution in [0.4, 0.5) is 4.79 Å². The largest absolute Gasteiger partial charge is 0.394 e. The molecule has 0 radical (unpaired) electrons. The summed E-state index contributed by atoms with van der Waals surface area (Å²) < 4.78 is 0. The van der Waals surface area contributed by atoms with E-state index in [0.717, 1.165) is 32.4 Å². The van der Waals surface area contributed by atoms with E-state index < -0.39 is 0 Å². The summed E-state index contributed by atoms with van der Waals surface area (Å²) in [6, 6.07) is -0.119. The molecule has 1 heterocycles. The van der Waals surface area contributed by atoms with Gasteiger partial charge in [0.2, 0.25) is 0 Å². The summed E-state index contributed by atoms with van der Waals surface area (Å²) in [5, 5.41) is 11.7. The first kappa shape index (κ1) is 10.3. The van der Waals surface area contributed by atoms with Crippen molar-refractivity contribution in [1.29, 1.82) is 0 Å². The number of carbonyl (C=O) groups excluding carboxylic acids is 1. The highest BCUT2D eigenvalue weighted by molar-refractivity contribution is 5.74. The summed E-state index contributed by atoms with van der Waals surface area (Å²) in [4.78, 5) is 13.3. The van der Waals surface area contributed by atoms with Crippen molar-refractivity contribution in [2.45, 2.75) is 32.2 Å². The lowest BCUT2D eigenvalue weighted by atomic mass is 10.2. The Balaban J connectivity index is 2.30. The van der Waals surface area contributed by atoms with E-state index in [9.17, 15) is 4.79 Å². The molecule has 0 saturated carbocycles. The lowest BCUT2D eigenvalue weighted by molar-refractivity contribution is 0.189. The van der Waals surface area contributed by atoms with Gasteiger partial charge >= 0.3 is 6.03 Å². The van der Waals surface area contributed by atoms with E-state index in [-0.39, 0.29) is 18.7 Å². The Morgan fingerprint density at radius 3 is 2.62 bits per heavy atom. The number of likely N-dealkylation sites (tertiary alicyclic amines) is 1. The standard InChI is InChI=1S/C9H18N2O2/c1-2-8(7-12)10-9(13)11-5-3-4-6-11/h8,12H,2-7H2,1H3,(H,10,13)/t8-/m0/s1. The molecular formula is C9H18N2O2. The van der Waals surface area contributed by atoms with E-state index in [0.29, 0.717) is 0 Å². The van der Waals surface area contributed by atoms with E-state index in [4.69, 9.17) is 5.11 Å². The number of hydrogen-bond donors (Lipinski definition) is 2. The van der Waals surface area contributed by atoms with E-state index >= 15 is 0 Å². The van der Waals surface area contributed by atoms with Crippen LogP contribution in [0.25, 0.3) is 0 Å². The maximum atomic E-state index is 11.5. The molecule has 0 aliphatic carbocycles. The zero-order valence-corrected chi connectivity index (χ0v) is 8.12. The van der Waals surface area contributed by atoms with Gasteiger partial charge in [0.05, 0.1) is 12.6 Å². The first-order valence-electron chi connectivity index (χ1n) is 4.94. The number of rotatable bonds is 3. The Morgan fingerprint density at radius 1 is 1.54 bits per heavy atom. The van der Waals surface area contributed by atoms with Crippen LogP contribution in [-0.4, -0.2) is 41.8 Å². The number of aliphatic hydroxyl groups is 1. The fourth-order valence-electron chi connectivity index (χ4n) is 1.46. The summed E-state index contributed by atoms with van der Waals surface area (Å²) in [6.45, 7) is 3.68. The average Bonchev–Trinajstić information content (AvgIpc) is 2.66. The highest BCUT2D eigenvalue weighted by atomic mass is 16.3. The van der Waals surface area contributed by atoms with Gasteiger partial charge < -0.3 is 15.3 Å². The van der Waals surface area contributed by atoms with Crippen molar-refractivity contribution in [3.8, 4) is 0 Å². The van der Waals surface area contributed by atoms with Crippen molar-refractivity contribution in [2.24, 2.45) is 0 Å². The molecule has 1 aliphatic heterocycles. The van der Waals surface area contributed by atoms with Crippen LogP contribution in [0, 0.1) is 0 Å². The van der Waals surface area contributed by atoms with Gasteiger partial charge in [0.15, 0.2) is 0 Å². The third-order valence-electron chi connectivity index (χ3n) is 2.43. The van der Waals surface area contributed by atoms with Gasteiger partial charge in [-0.05, 0) is 19.3 Å². The van der Waals surface area contributed by atoms with E-state index in [1.165, 1.54) is 0 Å². The van der Waals surface area contributed by atoms with Gasteiger partial charge in [-0.25, -0.2) is 4.79 Å². The molecule has 4 heteroatoms. The molecule has 13 heavy (non-hydrogen) atoms. The molecule has 0 bridgehead atoms. The van der Waals surface area contributed by atoms with Gasteiger partial charge in [-0.1, -0.05) is 6.92 Å². The minimum atomic E-state index is -0.0897. The summed E-state index contributed by atoms with van der Waals surface area (Å²) in [7, 11) is 0. The zero-order chi connectivity index (χ0) is 9.68. The van der Waals surface area contributed by atoms with Crippen LogP contribution in [-0.2, 0) is 0 Å². The molecule has 0 unspecified atom stereocenters. The third kappa shape index (κ3) is 2.88. The molecule has 2 amide bonds. The van der Waals surface area contributed by atoms with Crippen LogP contribution < -0.4 is 5.32 Å². The van der Waals surface area contributed by atoms with Crippen molar-refractivity contribution < 1.29 is 9.90 Å². The quantitative estimate of drug-likeness (QED) is 0.676. The molecule has 1 atom stereocenters. The fourth-order valence-corrected chi connectivity index (χ4v) is 1.46. The Kier molecular flexibility index (Phi) is 4.02. The van der Waals surface area contributed by atoms with Gasteiger partial charge in [-0.3, -0.25) is 0 Å². The second-order valence-corrected chi connectivity index (χ2v) is 3.43. The SMILES string of the molecule is CC[C@@H](CO)NC(=O)N1CCCC1. The Labute approximate surface area is 78.9 Å². The first-order valence-corrected chi connectivity index (χ1v) is 4.94. The van der Waals surface area contributed by atoms with E-state index in [2.05, 4.69) is 5.32 Å². The van der Waals surface area contributed by atoms with Crippen LogP contribution >= 0.6 is 0 Å². The molecule has 0 spiro atoms. The molecule has 1 aliphatic rings. The summed E-state index contributed by atoms with van der Waals surface area (Å²) in [5.41, 5.74) is 0. The van der Waals surface area contributed by atoms with Crippen molar-refractivity contribution in [1.82, 2.24) is 10.2 Å². The Bertz CT molecular complexity index is 163. The maximum Gasteiger partial charge on any atom is 0.317 e. The van der Waals surface area contributed by atoms with Crippen LogP contribution in [0.2, 0.25) is 0 Å². The highest BCUT2D eigenvalue weighted by Crippen LogP contribution is 2.07. The fraction of sp³-hybridized carbons (Fsp3) is 0.889. The molecule has 0 aromatic rings. The van der Waals surface area contributed by atoms with Crippen molar-refractivity contribution in [2.75, 3.05) is 19.7 Å². The Morgan fingerprint density at radius 2 is 2.15 bits per heavy atom. The molecular weight excluding hydrogens is 168 g/mol. The zero-order valence-electron chi connectivity index (χ0n) is 8.12. The van der Waals surface area contributed by atoms with E-state index in [1.807, 2.05) is 6.92 Å². The van der Waals surface area contributed by atoms with Gasteiger partial charge in [0.1, 0.15) is 0 Å². The Hall–Kier alpha value is -0.770. The van der Waals surface area contributed by atoms with Crippen molar-refractivity contribution >= 4 is 6.03 Å². The van der Waals surface area contributed by atoms with Gasteiger partial charge in [-0.15, -0.1) is 0 Å². The number of urea groups is 1. The maximum absolute atomic E-state index is 11.5. The topological polar surface area (TPSA) is 52.6 Å². The van der Waals surface area contributed by atoms with Gasteiger partial charge in [0.25, 0.3) is 0 Å². The lowest BCUT2D eigenvalue weighted by Crippen LogP contribution is -2.44. The third-order valence-corrected chi connectivity index (χ3v) is 2.43. The molecule has 0 aromatic heterocycles. The van der Waals surface area contributed by atoms with Crippen LogP contribution in [0.5, 0.6) is 0 Å². The first-order chi connectivity index (χ1) is 6.27. The van der Waals surface area contributed by atoms with Crippen LogP contribution in [0.15, 0.2) is 0 Å². The molecule has 4 nitrogen and oxygen atoms in total. The van der Waals surface area contributed by atoms with Gasteiger partial charge in [-0.2, -0.15) is 0 Å². The number of hydrogen-bond acceptors (Lipinski definition) is 2. The number of amides is 2. The van der Waals surface area contributed by atoms with Gasteiger partial charge in [0, 0.05) is 13.1 Å². The number of nitrogens with zero attached hydrogens (tertiary/aromatic N) is 1. The average molecular weight is 186 g/mol. The summed E-state index contributed by atoms with van der Waals surface area (Å²) in [6.07, 6.45) is 2.97. The highest BCUT2D eigenvalue weighted by Gasteiger charge is 2.19. The molecule has 1 fully saturated rings. The minimum Gasteiger partial charge on any atom is -0.394 e. The molecule has 2 N–H and O–H groups in total. The number of nitrogens with one attached hydrogen (secondary N) is 1. The second-order valence-electron chi connectivity index (χ2n) is 3.43. The molecule has 1 saturated heterocycles. The molecule has 0 aromatic carbocycles. The predicted molar refractivity (Wildman–Crippen MR) is 50.5 cm³/mol. The second kappa shape index (κ2) is 5.07. The predicted octanol–water partition coefficient (Wildman–Crippen LogP) is 0.563. The monoisotopic (exact) mass is 186 g/mol. The summed E-state index contributed by atoms with van der Waals surface area (Å²) in [5.74, 6) is 0. The minimum absolute atomic E-state index is 0.0239. The number of aliphatic hydroxyl groups excluding tert-OH is 1. The van der Waals surface area contributed by atoms with Crippen molar-refractivity contribution in [3.05, 3.63) is 0 Å². The lowest BCUT2D eigenvalue weighted by Gasteiger charge is -2.20. The normalized spacial score (nSPS) is 18.8. The van der Waals surface area contributed by atoms with E-state index in [1.54, 1.807) is 4.90 Å². The summed E-state index contributed by atoms with van der Waals surface area (Å²) >= 11 is 0. The number of carbonyl (C=O) groups is 1. The van der Waals surface area contributed by atoms with Crippen LogP contribution in [0.1, 0.15) is 26.2 Å². The van der Waals surface area contributed by atoms with Crippen molar-refractivity contribution in [3.63, 3.8) is 0 Å².